The minimum atomic E-state index is -0.430. The number of carbonyl (C=O) groups is 1. The summed E-state index contributed by atoms with van der Waals surface area (Å²) in [4.78, 5) is 12.3. The maximum atomic E-state index is 12.3. The summed E-state index contributed by atoms with van der Waals surface area (Å²) in [5, 5.41) is 15.6. The van der Waals surface area contributed by atoms with Gasteiger partial charge in [-0.05, 0) is 12.1 Å². The monoisotopic (exact) mass is 286 g/mol. The van der Waals surface area contributed by atoms with E-state index in [1.165, 1.54) is 25.1 Å². The molecule has 1 heterocycles. The van der Waals surface area contributed by atoms with E-state index in [0.29, 0.717) is 17.1 Å². The zero-order valence-corrected chi connectivity index (χ0v) is 11.9. The first kappa shape index (κ1) is 14.4. The largest absolute Gasteiger partial charge is 0.493 e. The Morgan fingerprint density at radius 3 is 2.76 bits per heavy atom. The second-order valence-corrected chi connectivity index (χ2v) is 4.17. The molecule has 0 aliphatic carbocycles. The summed E-state index contributed by atoms with van der Waals surface area (Å²) in [7, 11) is 4.62. The van der Waals surface area contributed by atoms with Gasteiger partial charge in [-0.15, -0.1) is 0 Å². The Kier molecular flexibility index (Phi) is 4.09. The van der Waals surface area contributed by atoms with Crippen molar-refractivity contribution in [2.75, 3.05) is 19.5 Å². The highest BCUT2D eigenvalue weighted by Crippen LogP contribution is 2.31. The lowest BCUT2D eigenvalue weighted by atomic mass is 10.1. The van der Waals surface area contributed by atoms with E-state index in [9.17, 15) is 4.79 Å². The lowest BCUT2D eigenvalue weighted by Crippen LogP contribution is -2.14. The van der Waals surface area contributed by atoms with Crippen molar-refractivity contribution in [2.24, 2.45) is 7.05 Å². The number of anilines is 1. The van der Waals surface area contributed by atoms with Crippen LogP contribution in [0.15, 0.2) is 24.4 Å². The van der Waals surface area contributed by atoms with Crippen molar-refractivity contribution in [2.45, 2.75) is 0 Å². The normalized spacial score (nSPS) is 9.81. The number of carbonyl (C=O) groups excluding carboxylic acids is 1. The van der Waals surface area contributed by atoms with Gasteiger partial charge in [0.25, 0.3) is 5.91 Å². The molecule has 2 aromatic rings. The van der Waals surface area contributed by atoms with Crippen LogP contribution in [0, 0.1) is 11.3 Å². The number of rotatable bonds is 4. The van der Waals surface area contributed by atoms with Crippen molar-refractivity contribution < 1.29 is 14.3 Å². The van der Waals surface area contributed by atoms with Crippen LogP contribution in [0.2, 0.25) is 0 Å². The van der Waals surface area contributed by atoms with Gasteiger partial charge in [-0.3, -0.25) is 9.48 Å². The van der Waals surface area contributed by atoms with Gasteiger partial charge < -0.3 is 14.8 Å². The summed E-state index contributed by atoms with van der Waals surface area (Å²) in [6.45, 7) is 0. The fourth-order valence-corrected chi connectivity index (χ4v) is 1.90. The van der Waals surface area contributed by atoms with Crippen LogP contribution < -0.4 is 14.8 Å². The van der Waals surface area contributed by atoms with Gasteiger partial charge in [-0.25, -0.2) is 0 Å². The summed E-state index contributed by atoms with van der Waals surface area (Å²) in [5.74, 6) is 0.550. The number of hydrogen-bond donors (Lipinski definition) is 1. The molecule has 0 spiro atoms. The lowest BCUT2D eigenvalue weighted by molar-refractivity contribution is 0.102. The first-order valence-electron chi connectivity index (χ1n) is 6.06. The summed E-state index contributed by atoms with van der Waals surface area (Å²) in [6, 6.07) is 6.95. The maximum Gasteiger partial charge on any atom is 0.260 e. The molecule has 0 radical (unpaired) electrons. The molecule has 0 aliphatic heterocycles. The minimum absolute atomic E-state index is 0.204. The van der Waals surface area contributed by atoms with Crippen LogP contribution in [0.1, 0.15) is 15.9 Å². The quantitative estimate of drug-likeness (QED) is 0.921. The summed E-state index contributed by atoms with van der Waals surface area (Å²) >= 11 is 0. The summed E-state index contributed by atoms with van der Waals surface area (Å²) in [5.41, 5.74) is 0.583. The standard InChI is InChI=1S/C14H14N4O3/c1-18-8-9(7-15)13(17-18)16-14(19)10-5-4-6-11(20-2)12(10)21-3/h4-6,8H,1-3H3,(H,16,17,19). The number of nitriles is 1. The molecule has 7 nitrogen and oxygen atoms in total. The summed E-state index contributed by atoms with van der Waals surface area (Å²) in [6.07, 6.45) is 1.53. The number of para-hydroxylation sites is 1. The molecule has 0 saturated heterocycles. The Balaban J connectivity index is 2.35. The molecule has 21 heavy (non-hydrogen) atoms. The topological polar surface area (TPSA) is 89.2 Å². The number of nitrogens with one attached hydrogen (secondary N) is 1. The number of benzene rings is 1. The van der Waals surface area contributed by atoms with Crippen LogP contribution in [0.3, 0.4) is 0 Å². The molecule has 1 aromatic heterocycles. The molecule has 1 aromatic carbocycles. The predicted octanol–water partition coefficient (Wildman–Crippen LogP) is 1.56. The molecule has 1 amide bonds. The number of aryl methyl sites for hydroxylation is 1. The van der Waals surface area contributed by atoms with E-state index >= 15 is 0 Å². The fraction of sp³-hybridized carbons (Fsp3) is 0.214. The molecular formula is C14H14N4O3. The van der Waals surface area contributed by atoms with Crippen molar-refractivity contribution in [1.82, 2.24) is 9.78 Å². The number of ether oxygens (including phenoxy) is 2. The van der Waals surface area contributed by atoms with Crippen molar-refractivity contribution in [1.29, 1.82) is 5.26 Å². The third-order valence-electron chi connectivity index (χ3n) is 2.83. The van der Waals surface area contributed by atoms with Crippen LogP contribution >= 0.6 is 0 Å². The molecule has 0 bridgehead atoms. The second-order valence-electron chi connectivity index (χ2n) is 4.17. The molecular weight excluding hydrogens is 272 g/mol. The van der Waals surface area contributed by atoms with Gasteiger partial charge in [-0.2, -0.15) is 10.4 Å². The van der Waals surface area contributed by atoms with Gasteiger partial charge in [0.15, 0.2) is 17.3 Å². The van der Waals surface area contributed by atoms with Crippen LogP contribution in [0.5, 0.6) is 11.5 Å². The first-order chi connectivity index (χ1) is 10.1. The highest BCUT2D eigenvalue weighted by Gasteiger charge is 2.18. The number of nitrogens with zero attached hydrogens (tertiary/aromatic N) is 3. The van der Waals surface area contributed by atoms with E-state index in [4.69, 9.17) is 14.7 Å². The van der Waals surface area contributed by atoms with E-state index in [0.717, 1.165) is 0 Å². The van der Waals surface area contributed by atoms with Crippen LogP contribution in [0.4, 0.5) is 5.82 Å². The van der Waals surface area contributed by atoms with E-state index in [2.05, 4.69) is 10.4 Å². The number of hydrogen-bond acceptors (Lipinski definition) is 5. The van der Waals surface area contributed by atoms with Crippen molar-refractivity contribution >= 4 is 11.7 Å². The van der Waals surface area contributed by atoms with Gasteiger partial charge in [0, 0.05) is 13.2 Å². The molecule has 0 aliphatic rings. The Labute approximate surface area is 121 Å². The molecule has 0 unspecified atom stereocenters. The van der Waals surface area contributed by atoms with E-state index < -0.39 is 5.91 Å². The lowest BCUT2D eigenvalue weighted by Gasteiger charge is -2.11. The minimum Gasteiger partial charge on any atom is -0.493 e. The van der Waals surface area contributed by atoms with E-state index in [1.54, 1.807) is 25.2 Å². The van der Waals surface area contributed by atoms with Crippen molar-refractivity contribution in [3.05, 3.63) is 35.5 Å². The number of aromatic nitrogens is 2. The molecule has 7 heteroatoms. The third kappa shape index (κ3) is 2.79. The first-order valence-corrected chi connectivity index (χ1v) is 6.06. The van der Waals surface area contributed by atoms with Gasteiger partial charge in [-0.1, -0.05) is 6.07 Å². The van der Waals surface area contributed by atoms with Crippen LogP contribution in [-0.4, -0.2) is 29.9 Å². The Morgan fingerprint density at radius 1 is 1.38 bits per heavy atom. The maximum absolute atomic E-state index is 12.3. The average molecular weight is 286 g/mol. The Hall–Kier alpha value is -3.01. The van der Waals surface area contributed by atoms with Gasteiger partial charge in [0.1, 0.15) is 11.6 Å². The molecule has 0 saturated carbocycles. The molecule has 0 fully saturated rings. The second kappa shape index (κ2) is 5.96. The van der Waals surface area contributed by atoms with Gasteiger partial charge >= 0.3 is 0 Å². The van der Waals surface area contributed by atoms with Crippen LogP contribution in [0.25, 0.3) is 0 Å². The Morgan fingerprint density at radius 2 is 2.14 bits per heavy atom. The highest BCUT2D eigenvalue weighted by atomic mass is 16.5. The third-order valence-corrected chi connectivity index (χ3v) is 2.83. The predicted molar refractivity (Wildman–Crippen MR) is 75.4 cm³/mol. The SMILES string of the molecule is COc1cccc(C(=O)Nc2nn(C)cc2C#N)c1OC. The van der Waals surface area contributed by atoms with E-state index in [-0.39, 0.29) is 11.4 Å². The molecule has 1 N–H and O–H groups in total. The smallest absolute Gasteiger partial charge is 0.260 e. The zero-order chi connectivity index (χ0) is 15.4. The highest BCUT2D eigenvalue weighted by molar-refractivity contribution is 6.06. The summed E-state index contributed by atoms with van der Waals surface area (Å²) < 4.78 is 11.8. The Bertz CT molecular complexity index is 715. The number of amides is 1. The fourth-order valence-electron chi connectivity index (χ4n) is 1.90. The molecule has 108 valence electrons. The van der Waals surface area contributed by atoms with Crippen molar-refractivity contribution in [3.8, 4) is 17.6 Å². The molecule has 2 rings (SSSR count). The van der Waals surface area contributed by atoms with Gasteiger partial charge in [0.05, 0.1) is 19.8 Å². The van der Waals surface area contributed by atoms with E-state index in [1.807, 2.05) is 6.07 Å². The van der Waals surface area contributed by atoms with Crippen LogP contribution in [-0.2, 0) is 7.05 Å². The average Bonchev–Trinajstić information content (AvgIpc) is 2.85. The number of methoxy groups -OCH3 is 2. The van der Waals surface area contributed by atoms with Crippen molar-refractivity contribution in [3.63, 3.8) is 0 Å². The molecule has 0 atom stereocenters. The van der Waals surface area contributed by atoms with Gasteiger partial charge in [0.2, 0.25) is 0 Å². The zero-order valence-electron chi connectivity index (χ0n) is 11.9.